The van der Waals surface area contributed by atoms with Gasteiger partial charge in [0.25, 0.3) is 0 Å². The number of aliphatic hydroxyl groups excluding tert-OH is 1. The van der Waals surface area contributed by atoms with Crippen molar-refractivity contribution in [2.75, 3.05) is 13.1 Å². The van der Waals surface area contributed by atoms with Gasteiger partial charge in [-0.2, -0.15) is 0 Å². The molecule has 6 atom stereocenters. The maximum Gasteiger partial charge on any atom is 0.512 e. The molecule has 0 radical (unpaired) electrons. The first-order chi connectivity index (χ1) is 12.9. The Labute approximate surface area is 160 Å². The Hall–Kier alpha value is -1.78. The summed E-state index contributed by atoms with van der Waals surface area (Å²) in [5.41, 5.74) is 0. The maximum atomic E-state index is 12.3. The summed E-state index contributed by atoms with van der Waals surface area (Å²) in [7, 11) is 0. The number of hydrogen-bond acceptors (Lipinski definition) is 7. The number of nitrogens with zero attached hydrogens (tertiary/aromatic N) is 1. The molecule has 4 aliphatic rings. The van der Waals surface area contributed by atoms with Crippen molar-refractivity contribution in [2.24, 2.45) is 11.8 Å². The number of thioether (sulfide) groups is 1. The highest BCUT2D eigenvalue weighted by Crippen LogP contribution is 2.49. The van der Waals surface area contributed by atoms with Crippen molar-refractivity contribution >= 4 is 29.7 Å². The molecule has 9 nitrogen and oxygen atoms in total. The number of ether oxygens (including phenoxy) is 1. The van der Waals surface area contributed by atoms with Gasteiger partial charge < -0.3 is 25.6 Å². The first-order valence-electron chi connectivity index (χ1n) is 9.19. The number of β-lactam (4-membered cyclic amide) rings is 1. The monoisotopic (exact) mass is 397 g/mol. The van der Waals surface area contributed by atoms with Crippen LogP contribution in [0.25, 0.3) is 0 Å². The van der Waals surface area contributed by atoms with Gasteiger partial charge in [0, 0.05) is 35.7 Å². The van der Waals surface area contributed by atoms with E-state index in [9.17, 15) is 19.5 Å². The quantitative estimate of drug-likeness (QED) is 0.379. The molecule has 1 unspecified atom stereocenters. The Bertz CT molecular complexity index is 711. The van der Waals surface area contributed by atoms with Crippen LogP contribution in [0.1, 0.15) is 26.2 Å². The third kappa shape index (κ3) is 3.19. The Balaban J connectivity index is 1.46. The highest BCUT2D eigenvalue weighted by Gasteiger charge is 2.57. The average Bonchev–Trinajstić information content (AvgIpc) is 3.26. The van der Waals surface area contributed by atoms with Crippen LogP contribution in [-0.2, 0) is 14.3 Å². The maximum absolute atomic E-state index is 12.3. The molecule has 0 aromatic carbocycles. The van der Waals surface area contributed by atoms with Crippen molar-refractivity contribution < 1.29 is 29.3 Å². The lowest BCUT2D eigenvalue weighted by molar-refractivity contribution is -0.161. The lowest BCUT2D eigenvalue weighted by atomic mass is 9.84. The molecule has 4 rings (SSSR count). The third-order valence-corrected chi connectivity index (χ3v) is 7.15. The molecule has 4 heterocycles. The summed E-state index contributed by atoms with van der Waals surface area (Å²) >= 11 is 1.51. The highest BCUT2D eigenvalue weighted by atomic mass is 32.2. The molecule has 4 N–H and O–H groups in total. The van der Waals surface area contributed by atoms with E-state index in [-0.39, 0.29) is 40.9 Å². The van der Waals surface area contributed by atoms with Gasteiger partial charge in [0.1, 0.15) is 0 Å². The zero-order valence-corrected chi connectivity index (χ0v) is 15.7. The van der Waals surface area contributed by atoms with E-state index in [1.807, 2.05) is 0 Å². The molecular weight excluding hydrogens is 374 g/mol. The van der Waals surface area contributed by atoms with E-state index in [0.717, 1.165) is 17.7 Å². The van der Waals surface area contributed by atoms with Gasteiger partial charge in [0.15, 0.2) is 0 Å². The number of fused-ring (bicyclic) bond motifs is 1. The minimum atomic E-state index is -1.46. The molecule has 3 saturated heterocycles. The van der Waals surface area contributed by atoms with Crippen LogP contribution in [0, 0.1) is 11.8 Å². The molecule has 10 heteroatoms. The summed E-state index contributed by atoms with van der Waals surface area (Å²) < 4.78 is 4.92. The number of rotatable bonds is 5. The van der Waals surface area contributed by atoms with Crippen molar-refractivity contribution in [1.29, 1.82) is 0 Å². The van der Waals surface area contributed by atoms with E-state index in [1.165, 1.54) is 16.7 Å². The predicted octanol–water partition coefficient (Wildman–Crippen LogP) is 0.0614. The largest absolute Gasteiger partial charge is 0.512 e. The van der Waals surface area contributed by atoms with Crippen LogP contribution in [0.3, 0.4) is 0 Å². The molecule has 0 aromatic rings. The number of amides is 2. The van der Waals surface area contributed by atoms with E-state index in [1.54, 1.807) is 6.92 Å². The number of hydrogen-bond donors (Lipinski definition) is 4. The summed E-state index contributed by atoms with van der Waals surface area (Å²) in [5, 5.41) is 25.3. The van der Waals surface area contributed by atoms with Crippen molar-refractivity contribution in [1.82, 2.24) is 15.5 Å². The highest BCUT2D eigenvalue weighted by molar-refractivity contribution is 8.03. The minimum absolute atomic E-state index is 0.0241. The number of aliphatic hydroxyl groups is 1. The molecule has 0 saturated carbocycles. The molecule has 148 valence electrons. The molecule has 0 bridgehead atoms. The summed E-state index contributed by atoms with van der Waals surface area (Å²) in [4.78, 5) is 37.4. The fraction of sp³-hybridized carbons (Fsp3) is 0.706. The van der Waals surface area contributed by atoms with E-state index in [2.05, 4.69) is 10.6 Å². The zero-order valence-electron chi connectivity index (χ0n) is 14.9. The fourth-order valence-corrected chi connectivity index (χ4v) is 5.98. The van der Waals surface area contributed by atoms with E-state index < -0.39 is 18.2 Å². The zero-order chi connectivity index (χ0) is 19.3. The van der Waals surface area contributed by atoms with Crippen LogP contribution in [-0.4, -0.2) is 69.6 Å². The second kappa shape index (κ2) is 6.99. The van der Waals surface area contributed by atoms with Crippen LogP contribution >= 0.6 is 11.8 Å². The summed E-state index contributed by atoms with van der Waals surface area (Å²) in [6.45, 7) is 2.99. The Morgan fingerprint density at radius 1 is 1.41 bits per heavy atom. The molecule has 2 amide bonds. The topological polar surface area (TPSA) is 128 Å². The molecule has 0 spiro atoms. The SMILES string of the molecule is C[C@@H](O)[C@H]1C(=O)N2C(OC(=O)O)=C(S[C@@H]3CN[C@H](C4CCNC4=O)C3)C[C@H]12. The van der Waals surface area contributed by atoms with Gasteiger partial charge in [-0.1, -0.05) is 0 Å². The lowest BCUT2D eigenvalue weighted by Gasteiger charge is -2.44. The lowest BCUT2D eigenvalue weighted by Crippen LogP contribution is -2.61. The smallest absolute Gasteiger partial charge is 0.449 e. The molecule has 3 fully saturated rings. The Morgan fingerprint density at radius 3 is 2.81 bits per heavy atom. The van der Waals surface area contributed by atoms with Gasteiger partial charge in [-0.3, -0.25) is 14.5 Å². The standard InChI is InChI=1S/C17H23N3O6S/c1-7(21)13-11-5-12(16(26-17(24)25)20(11)15(13)23)27-8-4-10(19-6-8)9-2-3-18-14(9)22/h7-11,13,19,21H,2-6H2,1H3,(H,18,22)(H,24,25)/t7-,8+,9?,10+,11-,13-/m1/s1. The summed E-state index contributed by atoms with van der Waals surface area (Å²) in [6, 6.07) is -0.139. The summed E-state index contributed by atoms with van der Waals surface area (Å²) in [6.07, 6.45) is -0.135. The van der Waals surface area contributed by atoms with Crippen LogP contribution < -0.4 is 10.6 Å². The molecule has 0 aliphatic carbocycles. The van der Waals surface area contributed by atoms with Crippen LogP contribution in [0.5, 0.6) is 0 Å². The Morgan fingerprint density at radius 2 is 2.19 bits per heavy atom. The van der Waals surface area contributed by atoms with Gasteiger partial charge in [-0.05, 0) is 19.8 Å². The second-order valence-corrected chi connectivity index (χ2v) is 8.91. The fourth-order valence-electron chi connectivity index (χ4n) is 4.59. The number of carbonyl (C=O) groups excluding carboxylic acids is 2. The van der Waals surface area contributed by atoms with Crippen LogP contribution in [0.4, 0.5) is 4.79 Å². The van der Waals surface area contributed by atoms with Crippen molar-refractivity contribution in [3.8, 4) is 0 Å². The predicted molar refractivity (Wildman–Crippen MR) is 95.5 cm³/mol. The van der Waals surface area contributed by atoms with Crippen LogP contribution in [0.2, 0.25) is 0 Å². The minimum Gasteiger partial charge on any atom is -0.449 e. The first kappa shape index (κ1) is 18.6. The van der Waals surface area contributed by atoms with Gasteiger partial charge in [-0.25, -0.2) is 4.79 Å². The Kier molecular flexibility index (Phi) is 4.81. The van der Waals surface area contributed by atoms with Gasteiger partial charge in [-0.15, -0.1) is 11.8 Å². The molecular formula is C17H23N3O6S. The number of nitrogens with one attached hydrogen (secondary N) is 2. The molecule has 27 heavy (non-hydrogen) atoms. The van der Waals surface area contributed by atoms with Crippen molar-refractivity contribution in [3.05, 3.63) is 10.8 Å². The van der Waals surface area contributed by atoms with Crippen LogP contribution in [0.15, 0.2) is 10.8 Å². The molecule has 0 aromatic heterocycles. The van der Waals surface area contributed by atoms with Crippen molar-refractivity contribution in [3.63, 3.8) is 0 Å². The first-order valence-corrected chi connectivity index (χ1v) is 10.1. The van der Waals surface area contributed by atoms with Gasteiger partial charge in [0.2, 0.25) is 17.7 Å². The van der Waals surface area contributed by atoms with Crippen molar-refractivity contribution in [2.45, 2.75) is 49.6 Å². The average molecular weight is 397 g/mol. The summed E-state index contributed by atoms with van der Waals surface area (Å²) in [5.74, 6) is -0.674. The second-order valence-electron chi connectivity index (χ2n) is 7.52. The molecule has 4 aliphatic heterocycles. The van der Waals surface area contributed by atoms with Gasteiger partial charge in [0.05, 0.1) is 24.0 Å². The van der Waals surface area contributed by atoms with E-state index in [4.69, 9.17) is 9.84 Å². The number of carbonyl (C=O) groups is 3. The van der Waals surface area contributed by atoms with Gasteiger partial charge >= 0.3 is 6.16 Å². The number of carboxylic acid groups (broad SMARTS) is 1. The third-order valence-electron chi connectivity index (χ3n) is 5.83. The van der Waals surface area contributed by atoms with E-state index >= 15 is 0 Å². The normalized spacial score (nSPS) is 36.5. The van der Waals surface area contributed by atoms with E-state index in [0.29, 0.717) is 19.5 Å².